The molecule has 0 aromatic heterocycles. The van der Waals surface area contributed by atoms with Crippen LogP contribution in [0, 0.1) is 6.92 Å². The fourth-order valence-electron chi connectivity index (χ4n) is 4.82. The molecule has 2 aliphatic heterocycles. The van der Waals surface area contributed by atoms with Crippen LogP contribution in [0.2, 0.25) is 0 Å². The number of aryl methyl sites for hydroxylation is 2. The lowest BCUT2D eigenvalue weighted by Gasteiger charge is -2.32. The highest BCUT2D eigenvalue weighted by molar-refractivity contribution is 7.97. The number of fused-ring (bicyclic) bond motifs is 1. The highest BCUT2D eigenvalue weighted by Gasteiger charge is 2.44. The van der Waals surface area contributed by atoms with Gasteiger partial charge < -0.3 is 4.90 Å². The lowest BCUT2D eigenvalue weighted by atomic mass is 9.75. The first-order valence-electron chi connectivity index (χ1n) is 11.2. The first-order chi connectivity index (χ1) is 14.7. The van der Waals surface area contributed by atoms with E-state index in [9.17, 15) is 0 Å². The molecule has 2 aromatic carbocycles. The third-order valence-electron chi connectivity index (χ3n) is 6.93. The molecule has 3 heteroatoms. The monoisotopic (exact) mass is 430 g/mol. The van der Waals surface area contributed by atoms with Crippen LogP contribution >= 0.6 is 11.9 Å². The summed E-state index contributed by atoms with van der Waals surface area (Å²) in [6.45, 7) is 15.7. The van der Waals surface area contributed by atoms with Crippen LogP contribution in [-0.2, 0) is 17.4 Å². The maximum atomic E-state index is 4.47. The van der Waals surface area contributed by atoms with Gasteiger partial charge in [0.1, 0.15) is 0 Å². The summed E-state index contributed by atoms with van der Waals surface area (Å²) in [5, 5.41) is 0. The molecular weight excluding hydrogens is 396 g/mol. The lowest BCUT2D eigenvalue weighted by Crippen LogP contribution is -2.38. The number of benzene rings is 2. The second kappa shape index (κ2) is 8.03. The van der Waals surface area contributed by atoms with Crippen LogP contribution < -0.4 is 9.62 Å². The number of nitrogens with zero attached hydrogens (tertiary/aromatic N) is 1. The molecule has 2 nitrogen and oxygen atoms in total. The van der Waals surface area contributed by atoms with Crippen molar-refractivity contribution in [2.75, 3.05) is 11.9 Å². The second-order valence-electron chi connectivity index (χ2n) is 9.54. The van der Waals surface area contributed by atoms with Gasteiger partial charge in [-0.2, -0.15) is 0 Å². The van der Waals surface area contributed by atoms with Crippen molar-refractivity contribution >= 4 is 17.6 Å². The number of anilines is 1. The molecular formula is C28H34N2S. The molecule has 0 saturated carbocycles. The van der Waals surface area contributed by atoms with Gasteiger partial charge in [0.2, 0.25) is 0 Å². The van der Waals surface area contributed by atoms with E-state index >= 15 is 0 Å². The first kappa shape index (κ1) is 22.0. The summed E-state index contributed by atoms with van der Waals surface area (Å²) in [4.78, 5) is 3.58. The minimum absolute atomic E-state index is 0.117. The Morgan fingerprint density at radius 3 is 2.74 bits per heavy atom. The first-order valence-corrected chi connectivity index (χ1v) is 12.0. The average Bonchev–Trinajstić information content (AvgIpc) is 2.98. The molecule has 31 heavy (non-hydrogen) atoms. The molecule has 0 aliphatic carbocycles. The quantitative estimate of drug-likeness (QED) is 0.385. The van der Waals surface area contributed by atoms with E-state index in [0.29, 0.717) is 0 Å². The Kier molecular flexibility index (Phi) is 5.70. The average molecular weight is 431 g/mol. The minimum atomic E-state index is -0.172. The predicted octanol–water partition coefficient (Wildman–Crippen LogP) is 7.20. The minimum Gasteiger partial charge on any atom is -0.346 e. The van der Waals surface area contributed by atoms with Gasteiger partial charge in [-0.3, -0.25) is 0 Å². The predicted molar refractivity (Wildman–Crippen MR) is 136 cm³/mol. The fraction of sp³-hybridized carbons (Fsp3) is 0.357. The SMILES string of the molecule is C=C(/C=C/C=C1/N(C)c2ccc3cc2C1(C)NS3)C(C)(C)c1cc(C)ccc1CCC. The lowest BCUT2D eigenvalue weighted by molar-refractivity contribution is 0.549. The van der Waals surface area contributed by atoms with Crippen molar-refractivity contribution in [3.05, 3.63) is 94.7 Å². The highest BCUT2D eigenvalue weighted by Crippen LogP contribution is 2.50. The van der Waals surface area contributed by atoms with E-state index in [1.807, 2.05) is 0 Å². The zero-order valence-corrected chi connectivity index (χ0v) is 20.5. The van der Waals surface area contributed by atoms with E-state index in [1.165, 1.54) is 38.5 Å². The molecule has 2 aromatic rings. The largest absolute Gasteiger partial charge is 0.346 e. The van der Waals surface area contributed by atoms with Crippen LogP contribution in [0.5, 0.6) is 0 Å². The molecule has 0 amide bonds. The summed E-state index contributed by atoms with van der Waals surface area (Å²) < 4.78 is 3.66. The second-order valence-corrected chi connectivity index (χ2v) is 10.4. The van der Waals surface area contributed by atoms with Crippen molar-refractivity contribution in [1.29, 1.82) is 0 Å². The summed E-state index contributed by atoms with van der Waals surface area (Å²) in [5.74, 6) is 0. The van der Waals surface area contributed by atoms with Gasteiger partial charge in [0.05, 0.1) is 5.54 Å². The molecule has 0 spiro atoms. The van der Waals surface area contributed by atoms with Gasteiger partial charge >= 0.3 is 0 Å². The molecule has 2 aliphatic rings. The van der Waals surface area contributed by atoms with E-state index in [-0.39, 0.29) is 11.0 Å². The maximum Gasteiger partial charge on any atom is 0.0928 e. The standard InChI is InChI=1S/C28H34N2S/c1-8-10-21-14-13-19(2)17-23(21)27(4,5)20(3)11-9-12-26-28(6)24-18-22(31-29-28)15-16-25(24)30(26)7/h9,11-18,29H,3,8,10H2,1-2,4-7H3/b11-9+,26-12+. The van der Waals surface area contributed by atoms with Crippen molar-refractivity contribution in [1.82, 2.24) is 4.72 Å². The van der Waals surface area contributed by atoms with Crippen molar-refractivity contribution in [3.8, 4) is 0 Å². The molecule has 4 rings (SSSR count). The van der Waals surface area contributed by atoms with Gasteiger partial charge in [0, 0.05) is 34.3 Å². The molecule has 1 N–H and O–H groups in total. The zero-order chi connectivity index (χ0) is 22.4. The van der Waals surface area contributed by atoms with Crippen molar-refractivity contribution in [2.45, 2.75) is 63.3 Å². The van der Waals surface area contributed by atoms with Gasteiger partial charge in [0.15, 0.2) is 0 Å². The van der Waals surface area contributed by atoms with Crippen molar-refractivity contribution < 1.29 is 0 Å². The van der Waals surface area contributed by atoms with Crippen LogP contribution in [0.4, 0.5) is 5.69 Å². The molecule has 0 saturated heterocycles. The number of nitrogens with one attached hydrogen (secondary N) is 1. The van der Waals surface area contributed by atoms with Crippen molar-refractivity contribution in [2.24, 2.45) is 0 Å². The van der Waals surface area contributed by atoms with E-state index in [0.717, 1.165) is 18.4 Å². The molecule has 162 valence electrons. The van der Waals surface area contributed by atoms with Crippen molar-refractivity contribution in [3.63, 3.8) is 0 Å². The number of likely N-dealkylation sites (N-methyl/N-ethyl adjacent to an activating group) is 1. The topological polar surface area (TPSA) is 15.3 Å². The third kappa shape index (κ3) is 3.68. The summed E-state index contributed by atoms with van der Waals surface area (Å²) in [7, 11) is 2.16. The van der Waals surface area contributed by atoms with E-state index in [2.05, 4.69) is 112 Å². The van der Waals surface area contributed by atoms with Gasteiger partial charge in [-0.1, -0.05) is 69.7 Å². The smallest absolute Gasteiger partial charge is 0.0928 e. The molecule has 2 heterocycles. The van der Waals surface area contributed by atoms with Gasteiger partial charge in [0.25, 0.3) is 0 Å². The Morgan fingerprint density at radius 1 is 1.23 bits per heavy atom. The third-order valence-corrected chi connectivity index (χ3v) is 7.93. The van der Waals surface area contributed by atoms with Crippen LogP contribution in [0.3, 0.4) is 0 Å². The molecule has 1 unspecified atom stereocenters. The number of hydrogen-bond acceptors (Lipinski definition) is 3. The normalized spacial score (nSPS) is 21.4. The van der Waals surface area contributed by atoms with E-state index in [4.69, 9.17) is 0 Å². The summed E-state index contributed by atoms with van der Waals surface area (Å²) in [5.41, 5.74) is 8.87. The van der Waals surface area contributed by atoms with Gasteiger partial charge in [-0.05, 0) is 73.2 Å². The van der Waals surface area contributed by atoms with Crippen LogP contribution in [0.15, 0.2) is 77.4 Å². The molecule has 0 fully saturated rings. The summed E-state index contributed by atoms with van der Waals surface area (Å²) in [6.07, 6.45) is 8.85. The Balaban J connectivity index is 1.62. The zero-order valence-electron chi connectivity index (χ0n) is 19.7. The van der Waals surface area contributed by atoms with Gasteiger partial charge in [-0.15, -0.1) is 0 Å². The van der Waals surface area contributed by atoms with Gasteiger partial charge in [-0.25, -0.2) is 4.72 Å². The van der Waals surface area contributed by atoms with Crippen LogP contribution in [0.1, 0.15) is 56.4 Å². The maximum absolute atomic E-state index is 4.47. The Bertz CT molecular complexity index is 1090. The number of hydrogen-bond donors (Lipinski definition) is 1. The van der Waals surface area contributed by atoms with Crippen LogP contribution in [0.25, 0.3) is 0 Å². The Labute approximate surface area is 192 Å². The van der Waals surface area contributed by atoms with E-state index in [1.54, 1.807) is 11.9 Å². The number of rotatable bonds is 6. The highest BCUT2D eigenvalue weighted by atomic mass is 32.2. The summed E-state index contributed by atoms with van der Waals surface area (Å²) >= 11 is 1.71. The Morgan fingerprint density at radius 2 is 2.00 bits per heavy atom. The molecule has 2 bridgehead atoms. The molecule has 1 atom stereocenters. The molecule has 0 radical (unpaired) electrons. The van der Waals surface area contributed by atoms with E-state index < -0.39 is 0 Å². The number of allylic oxidation sites excluding steroid dienone is 4. The fourth-order valence-corrected chi connectivity index (χ4v) is 5.67. The summed E-state index contributed by atoms with van der Waals surface area (Å²) in [6, 6.07) is 13.6. The Hall–Kier alpha value is -2.23. The van der Waals surface area contributed by atoms with Crippen LogP contribution in [-0.4, -0.2) is 7.05 Å².